The van der Waals surface area contributed by atoms with Crippen LogP contribution in [0.3, 0.4) is 0 Å². The number of non-ortho nitro benzene ring substituents is 1. The normalized spacial score (nSPS) is 11.0. The summed E-state index contributed by atoms with van der Waals surface area (Å²) >= 11 is 0. The number of carbonyl (C=O) groups excluding carboxylic acids is 1. The Kier molecular flexibility index (Phi) is 8.66. The number of nitro benzene ring substituents is 1. The number of amides is 1. The number of hydrogen-bond acceptors (Lipinski definition) is 6. The van der Waals surface area contributed by atoms with E-state index in [-0.39, 0.29) is 48.7 Å². The Labute approximate surface area is 195 Å². The molecule has 1 aromatic carbocycles. The number of aliphatic imine (C=N–C) groups is 1. The van der Waals surface area contributed by atoms with Gasteiger partial charge in [-0.25, -0.2) is 4.99 Å². The van der Waals surface area contributed by atoms with Gasteiger partial charge >= 0.3 is 0 Å². The van der Waals surface area contributed by atoms with E-state index in [1.54, 1.807) is 26.2 Å². The lowest BCUT2D eigenvalue weighted by Gasteiger charge is -2.14. The van der Waals surface area contributed by atoms with Crippen molar-refractivity contribution < 1.29 is 9.72 Å². The van der Waals surface area contributed by atoms with Crippen molar-refractivity contribution in [2.75, 3.05) is 20.6 Å². The summed E-state index contributed by atoms with van der Waals surface area (Å²) in [5.74, 6) is 0.998. The Balaban J connectivity index is 0.00000341. The number of carbonyl (C=O) groups is 1. The summed E-state index contributed by atoms with van der Waals surface area (Å²) in [4.78, 5) is 28.2. The first-order valence-electron chi connectivity index (χ1n) is 9.18. The highest BCUT2D eigenvalue weighted by molar-refractivity contribution is 14.0. The molecule has 0 radical (unpaired) electrons. The molecule has 0 bridgehead atoms. The molecule has 1 amide bonds. The second-order valence-corrected chi connectivity index (χ2v) is 6.63. The van der Waals surface area contributed by atoms with Gasteiger partial charge in [-0.3, -0.25) is 19.3 Å². The highest BCUT2D eigenvalue weighted by Gasteiger charge is 2.09. The maximum Gasteiger partial charge on any atom is 0.269 e. The number of aromatic nitrogens is 3. The van der Waals surface area contributed by atoms with E-state index in [4.69, 9.17) is 0 Å². The zero-order valence-electron chi connectivity index (χ0n) is 17.1. The van der Waals surface area contributed by atoms with Crippen LogP contribution in [0.2, 0.25) is 0 Å². The van der Waals surface area contributed by atoms with Crippen LogP contribution in [0.1, 0.15) is 11.4 Å². The largest absolute Gasteiger partial charge is 0.349 e. The summed E-state index contributed by atoms with van der Waals surface area (Å²) in [5.41, 5.74) is 1.55. The first-order chi connectivity index (χ1) is 14.4. The van der Waals surface area contributed by atoms with Crippen LogP contribution in [0.15, 0.2) is 53.7 Å². The van der Waals surface area contributed by atoms with E-state index < -0.39 is 4.92 Å². The first-order valence-corrected chi connectivity index (χ1v) is 9.18. The van der Waals surface area contributed by atoms with Crippen LogP contribution < -0.4 is 10.6 Å². The van der Waals surface area contributed by atoms with Crippen molar-refractivity contribution >= 4 is 47.2 Å². The van der Waals surface area contributed by atoms with Gasteiger partial charge < -0.3 is 15.5 Å². The van der Waals surface area contributed by atoms with Gasteiger partial charge in [0.2, 0.25) is 5.91 Å². The molecule has 0 aliphatic rings. The van der Waals surface area contributed by atoms with E-state index in [1.165, 1.54) is 17.0 Å². The van der Waals surface area contributed by atoms with Crippen LogP contribution in [-0.4, -0.2) is 56.9 Å². The maximum atomic E-state index is 11.9. The number of benzene rings is 1. The van der Waals surface area contributed by atoms with Crippen LogP contribution in [0.25, 0.3) is 5.65 Å². The Morgan fingerprint density at radius 3 is 2.58 bits per heavy atom. The maximum absolute atomic E-state index is 11.9. The van der Waals surface area contributed by atoms with Gasteiger partial charge in [-0.15, -0.1) is 34.2 Å². The molecule has 0 atom stereocenters. The summed E-state index contributed by atoms with van der Waals surface area (Å²) in [6.07, 6.45) is 1.86. The van der Waals surface area contributed by atoms with Gasteiger partial charge in [-0.2, -0.15) is 0 Å². The fraction of sp³-hybridized carbons (Fsp3) is 0.263. The average Bonchev–Trinajstić information content (AvgIpc) is 3.16. The van der Waals surface area contributed by atoms with E-state index in [0.29, 0.717) is 18.3 Å². The molecule has 0 saturated carbocycles. The number of pyridine rings is 1. The molecular formula is C19H23IN8O3. The predicted molar refractivity (Wildman–Crippen MR) is 126 cm³/mol. The van der Waals surface area contributed by atoms with Gasteiger partial charge in [0, 0.05) is 32.4 Å². The van der Waals surface area contributed by atoms with E-state index in [1.807, 2.05) is 28.8 Å². The molecule has 11 nitrogen and oxygen atoms in total. The molecule has 3 rings (SSSR count). The molecule has 2 heterocycles. The van der Waals surface area contributed by atoms with Gasteiger partial charge in [-0.1, -0.05) is 18.2 Å². The Bertz CT molecular complexity index is 1070. The minimum atomic E-state index is -0.447. The van der Waals surface area contributed by atoms with Crippen molar-refractivity contribution in [1.82, 2.24) is 30.1 Å². The van der Waals surface area contributed by atoms with Crippen LogP contribution in [0.4, 0.5) is 5.69 Å². The fourth-order valence-corrected chi connectivity index (χ4v) is 2.56. The predicted octanol–water partition coefficient (Wildman–Crippen LogP) is 1.58. The molecule has 0 aliphatic carbocycles. The van der Waals surface area contributed by atoms with Gasteiger partial charge in [-0.05, 0) is 17.7 Å². The summed E-state index contributed by atoms with van der Waals surface area (Å²) in [7, 11) is 3.35. The third-order valence-corrected chi connectivity index (χ3v) is 4.27. The molecule has 164 valence electrons. The van der Waals surface area contributed by atoms with Crippen molar-refractivity contribution in [2.24, 2.45) is 4.99 Å². The molecule has 0 saturated heterocycles. The molecule has 0 spiro atoms. The van der Waals surface area contributed by atoms with E-state index in [9.17, 15) is 14.9 Å². The number of guanidine groups is 1. The van der Waals surface area contributed by atoms with Crippen LogP contribution in [0.5, 0.6) is 0 Å². The average molecular weight is 538 g/mol. The number of hydrogen-bond donors (Lipinski definition) is 2. The second-order valence-electron chi connectivity index (χ2n) is 6.63. The zero-order valence-corrected chi connectivity index (χ0v) is 19.4. The van der Waals surface area contributed by atoms with Crippen molar-refractivity contribution in [2.45, 2.75) is 13.1 Å². The molecule has 0 unspecified atom stereocenters. The number of rotatable bonds is 7. The number of nitrogens with zero attached hydrogens (tertiary/aromatic N) is 6. The first kappa shape index (κ1) is 24.0. The fourth-order valence-electron chi connectivity index (χ4n) is 2.56. The van der Waals surface area contributed by atoms with Gasteiger partial charge in [0.25, 0.3) is 5.69 Å². The number of nitrogens with one attached hydrogen (secondary N) is 2. The van der Waals surface area contributed by atoms with Crippen molar-refractivity contribution in [3.8, 4) is 0 Å². The van der Waals surface area contributed by atoms with E-state index in [0.717, 1.165) is 11.2 Å². The second kappa shape index (κ2) is 11.2. The SMILES string of the molecule is CN(C)C(=O)CNC(=NCc1ccc([N+](=O)[O-])cc1)NCc1nnc2ccccn12.I. The summed E-state index contributed by atoms with van der Waals surface area (Å²) < 4.78 is 1.85. The smallest absolute Gasteiger partial charge is 0.269 e. The summed E-state index contributed by atoms with van der Waals surface area (Å²) in [5, 5.41) is 25.2. The van der Waals surface area contributed by atoms with Crippen LogP contribution in [0, 0.1) is 10.1 Å². The summed E-state index contributed by atoms with van der Waals surface area (Å²) in [6, 6.07) is 11.8. The molecule has 2 aromatic heterocycles. The molecule has 3 aromatic rings. The highest BCUT2D eigenvalue weighted by atomic mass is 127. The number of likely N-dealkylation sites (N-methyl/N-ethyl adjacent to an activating group) is 1. The topological polar surface area (TPSA) is 130 Å². The Morgan fingerprint density at radius 2 is 1.90 bits per heavy atom. The van der Waals surface area contributed by atoms with Crippen LogP contribution in [-0.2, 0) is 17.9 Å². The minimum Gasteiger partial charge on any atom is -0.349 e. The standard InChI is InChI=1S/C19H22N8O3.HI/c1-25(2)18(28)13-22-19(20-11-14-6-8-15(9-7-14)27(29)30)21-12-17-24-23-16-5-3-4-10-26(16)17;/h3-10H,11-13H2,1-2H3,(H2,20,21,22);1H. The van der Waals surface area contributed by atoms with Crippen molar-refractivity contribution in [3.63, 3.8) is 0 Å². The van der Waals surface area contributed by atoms with Crippen molar-refractivity contribution in [3.05, 3.63) is 70.2 Å². The van der Waals surface area contributed by atoms with E-state index >= 15 is 0 Å². The lowest BCUT2D eigenvalue weighted by Crippen LogP contribution is -2.42. The Morgan fingerprint density at radius 1 is 1.16 bits per heavy atom. The monoisotopic (exact) mass is 538 g/mol. The molecule has 12 heteroatoms. The molecule has 2 N–H and O–H groups in total. The Hall–Kier alpha value is -3.29. The van der Waals surface area contributed by atoms with Crippen molar-refractivity contribution in [1.29, 1.82) is 0 Å². The number of fused-ring (bicyclic) bond motifs is 1. The molecular weight excluding hydrogens is 515 g/mol. The third kappa shape index (κ3) is 6.60. The molecule has 31 heavy (non-hydrogen) atoms. The number of nitro groups is 1. The zero-order chi connectivity index (χ0) is 21.5. The van der Waals surface area contributed by atoms with Gasteiger partial charge in [0.15, 0.2) is 17.4 Å². The number of halogens is 1. The quantitative estimate of drug-likeness (QED) is 0.154. The lowest BCUT2D eigenvalue weighted by molar-refractivity contribution is -0.384. The summed E-state index contributed by atoms with van der Waals surface area (Å²) in [6.45, 7) is 0.692. The lowest BCUT2D eigenvalue weighted by atomic mass is 10.2. The van der Waals surface area contributed by atoms with E-state index in [2.05, 4.69) is 25.8 Å². The minimum absolute atomic E-state index is 0. The highest BCUT2D eigenvalue weighted by Crippen LogP contribution is 2.12. The molecule has 0 fully saturated rings. The van der Waals surface area contributed by atoms with Gasteiger partial charge in [0.1, 0.15) is 0 Å². The van der Waals surface area contributed by atoms with Gasteiger partial charge in [0.05, 0.1) is 24.6 Å². The van der Waals surface area contributed by atoms with Crippen LogP contribution >= 0.6 is 24.0 Å². The third-order valence-electron chi connectivity index (χ3n) is 4.27. The molecule has 0 aliphatic heterocycles.